The van der Waals surface area contributed by atoms with Gasteiger partial charge in [-0.05, 0) is 44.0 Å². The molecule has 0 unspecified atom stereocenters. The summed E-state index contributed by atoms with van der Waals surface area (Å²) in [5.74, 6) is 1.87. The number of hydrogen-bond acceptors (Lipinski definition) is 5. The Kier molecular flexibility index (Phi) is 8.62. The molecule has 0 spiro atoms. The van der Waals surface area contributed by atoms with Gasteiger partial charge in [-0.2, -0.15) is 0 Å². The van der Waals surface area contributed by atoms with Crippen molar-refractivity contribution < 1.29 is 14.3 Å². The quantitative estimate of drug-likeness (QED) is 0.173. The standard InChI is InChI=1S/C16H23NO3S/c1-5-6-9-21-15-10-13(2)16(14(3)11-15)20-12-19-8-7-17-18-4/h5-7,10-11H,8-9,12H2,1-4H3/b6-5+,17-7+. The molecule has 5 heteroatoms. The zero-order chi connectivity index (χ0) is 15.5. The van der Waals surface area contributed by atoms with Crippen molar-refractivity contribution >= 4 is 18.0 Å². The highest BCUT2D eigenvalue weighted by Gasteiger charge is 2.06. The van der Waals surface area contributed by atoms with Gasteiger partial charge < -0.3 is 14.3 Å². The minimum absolute atomic E-state index is 0.197. The third kappa shape index (κ3) is 6.69. The fraction of sp³-hybridized carbons (Fsp3) is 0.438. The molecule has 0 amide bonds. The van der Waals surface area contributed by atoms with Crippen LogP contribution in [0.2, 0.25) is 0 Å². The summed E-state index contributed by atoms with van der Waals surface area (Å²) in [7, 11) is 1.50. The lowest BCUT2D eigenvalue weighted by atomic mass is 10.1. The van der Waals surface area contributed by atoms with Gasteiger partial charge in [0.05, 0.1) is 12.8 Å². The summed E-state index contributed by atoms with van der Waals surface area (Å²) in [6, 6.07) is 4.28. The van der Waals surface area contributed by atoms with Crippen LogP contribution < -0.4 is 4.74 Å². The van der Waals surface area contributed by atoms with Crippen LogP contribution in [0, 0.1) is 13.8 Å². The average molecular weight is 309 g/mol. The van der Waals surface area contributed by atoms with E-state index in [0.29, 0.717) is 6.61 Å². The molecule has 116 valence electrons. The van der Waals surface area contributed by atoms with Gasteiger partial charge in [0.15, 0.2) is 6.79 Å². The van der Waals surface area contributed by atoms with Crippen molar-refractivity contribution in [2.45, 2.75) is 25.7 Å². The van der Waals surface area contributed by atoms with Gasteiger partial charge >= 0.3 is 0 Å². The smallest absolute Gasteiger partial charge is 0.189 e. The van der Waals surface area contributed by atoms with Gasteiger partial charge in [0.2, 0.25) is 0 Å². The zero-order valence-electron chi connectivity index (χ0n) is 13.1. The van der Waals surface area contributed by atoms with Crippen LogP contribution in [0.1, 0.15) is 18.1 Å². The van der Waals surface area contributed by atoms with Crippen LogP contribution in [0.25, 0.3) is 0 Å². The maximum Gasteiger partial charge on any atom is 0.189 e. The first-order valence-electron chi connectivity index (χ1n) is 6.79. The van der Waals surface area contributed by atoms with E-state index in [-0.39, 0.29) is 6.79 Å². The topological polar surface area (TPSA) is 40.0 Å². The Bertz CT molecular complexity index is 463. The van der Waals surface area contributed by atoms with Gasteiger partial charge in [0, 0.05) is 10.6 Å². The molecule has 1 aromatic carbocycles. The predicted molar refractivity (Wildman–Crippen MR) is 88.4 cm³/mol. The molecule has 1 rings (SSSR count). The largest absolute Gasteiger partial charge is 0.467 e. The van der Waals surface area contributed by atoms with Crippen LogP contribution in [-0.2, 0) is 9.57 Å². The fourth-order valence-electron chi connectivity index (χ4n) is 1.77. The van der Waals surface area contributed by atoms with E-state index in [4.69, 9.17) is 9.47 Å². The number of nitrogens with zero attached hydrogens (tertiary/aromatic N) is 1. The highest BCUT2D eigenvalue weighted by molar-refractivity contribution is 7.99. The number of hydrogen-bond donors (Lipinski definition) is 0. The maximum atomic E-state index is 5.68. The lowest BCUT2D eigenvalue weighted by molar-refractivity contribution is 0.0353. The van der Waals surface area contributed by atoms with Crippen LogP contribution in [0.3, 0.4) is 0 Å². The number of rotatable bonds is 9. The number of allylic oxidation sites excluding steroid dienone is 1. The maximum absolute atomic E-state index is 5.68. The van der Waals surface area contributed by atoms with Crippen LogP contribution in [0.15, 0.2) is 34.3 Å². The van der Waals surface area contributed by atoms with Crippen molar-refractivity contribution in [1.29, 1.82) is 0 Å². The molecule has 0 N–H and O–H groups in total. The first-order chi connectivity index (χ1) is 10.2. The van der Waals surface area contributed by atoms with Gasteiger partial charge in [-0.15, -0.1) is 11.8 Å². The van der Waals surface area contributed by atoms with E-state index in [2.05, 4.69) is 48.1 Å². The van der Waals surface area contributed by atoms with Crippen LogP contribution in [-0.4, -0.2) is 32.5 Å². The zero-order valence-corrected chi connectivity index (χ0v) is 13.9. The van der Waals surface area contributed by atoms with E-state index >= 15 is 0 Å². The third-order valence-electron chi connectivity index (χ3n) is 2.67. The molecule has 1 aromatic rings. The highest BCUT2D eigenvalue weighted by Crippen LogP contribution is 2.29. The summed E-state index contributed by atoms with van der Waals surface area (Å²) < 4.78 is 11.0. The van der Waals surface area contributed by atoms with Gasteiger partial charge in [-0.3, -0.25) is 0 Å². The first-order valence-corrected chi connectivity index (χ1v) is 7.78. The van der Waals surface area contributed by atoms with Crippen LogP contribution in [0.4, 0.5) is 0 Å². The summed E-state index contributed by atoms with van der Waals surface area (Å²) in [5.41, 5.74) is 2.24. The SMILES string of the molecule is C/C=C/CSc1cc(C)c(OCOC/C=N/OC)c(C)c1. The molecule has 0 saturated heterocycles. The van der Waals surface area contributed by atoms with Crippen molar-refractivity contribution in [3.8, 4) is 5.75 Å². The van der Waals surface area contributed by atoms with Crippen molar-refractivity contribution in [3.05, 3.63) is 35.4 Å². The normalized spacial score (nSPS) is 11.4. The lowest BCUT2D eigenvalue weighted by Gasteiger charge is -2.13. The average Bonchev–Trinajstić information content (AvgIpc) is 2.45. The fourth-order valence-corrected chi connectivity index (χ4v) is 2.77. The lowest BCUT2D eigenvalue weighted by Crippen LogP contribution is -2.06. The number of thioether (sulfide) groups is 1. The molecule has 0 fully saturated rings. The van der Waals surface area contributed by atoms with E-state index in [9.17, 15) is 0 Å². The second-order valence-electron chi connectivity index (χ2n) is 4.37. The molecule has 4 nitrogen and oxygen atoms in total. The van der Waals surface area contributed by atoms with Gasteiger partial charge in [-0.1, -0.05) is 17.3 Å². The molecule has 0 aliphatic rings. The molecule has 0 aliphatic carbocycles. The number of benzene rings is 1. The molecule has 0 heterocycles. The Morgan fingerprint density at radius 2 is 1.95 bits per heavy atom. The molecule has 0 bridgehead atoms. The Hall–Kier alpha value is -1.46. The van der Waals surface area contributed by atoms with Gasteiger partial charge in [-0.25, -0.2) is 0 Å². The number of aryl methyl sites for hydroxylation is 2. The predicted octanol–water partition coefficient (Wildman–Crippen LogP) is 3.96. The van der Waals surface area contributed by atoms with E-state index in [1.54, 1.807) is 6.21 Å². The monoisotopic (exact) mass is 309 g/mol. The molecular weight excluding hydrogens is 286 g/mol. The second-order valence-corrected chi connectivity index (χ2v) is 5.46. The molecular formula is C16H23NO3S. The van der Waals surface area contributed by atoms with Crippen molar-refractivity contribution in [2.24, 2.45) is 5.16 Å². The Morgan fingerprint density at radius 3 is 2.57 bits per heavy atom. The molecule has 0 atom stereocenters. The number of ether oxygens (including phenoxy) is 2. The van der Waals surface area contributed by atoms with E-state index in [1.807, 2.05) is 18.7 Å². The van der Waals surface area contributed by atoms with Gasteiger partial charge in [0.1, 0.15) is 12.9 Å². The minimum Gasteiger partial charge on any atom is -0.467 e. The Balaban J connectivity index is 2.53. The Labute approximate surface area is 131 Å². The summed E-state index contributed by atoms with van der Waals surface area (Å²) in [6.07, 6.45) is 5.76. The molecule has 0 aromatic heterocycles. The van der Waals surface area contributed by atoms with E-state index < -0.39 is 0 Å². The summed E-state index contributed by atoms with van der Waals surface area (Å²) in [4.78, 5) is 5.79. The summed E-state index contributed by atoms with van der Waals surface area (Å²) >= 11 is 1.81. The molecule has 21 heavy (non-hydrogen) atoms. The molecule has 0 aliphatic heterocycles. The Morgan fingerprint density at radius 1 is 1.24 bits per heavy atom. The third-order valence-corrected chi connectivity index (χ3v) is 3.60. The van der Waals surface area contributed by atoms with Crippen molar-refractivity contribution in [1.82, 2.24) is 0 Å². The van der Waals surface area contributed by atoms with E-state index in [1.165, 1.54) is 12.0 Å². The first kappa shape index (κ1) is 17.6. The van der Waals surface area contributed by atoms with Crippen molar-refractivity contribution in [2.75, 3.05) is 26.3 Å². The van der Waals surface area contributed by atoms with Crippen LogP contribution >= 0.6 is 11.8 Å². The van der Waals surface area contributed by atoms with E-state index in [0.717, 1.165) is 22.6 Å². The molecule has 0 radical (unpaired) electrons. The number of oxime groups is 1. The minimum atomic E-state index is 0.197. The summed E-state index contributed by atoms with van der Waals surface area (Å²) in [6.45, 7) is 6.69. The summed E-state index contributed by atoms with van der Waals surface area (Å²) in [5, 5.41) is 3.58. The van der Waals surface area contributed by atoms with Crippen molar-refractivity contribution in [3.63, 3.8) is 0 Å². The van der Waals surface area contributed by atoms with Crippen LogP contribution in [0.5, 0.6) is 5.75 Å². The molecule has 0 saturated carbocycles. The highest BCUT2D eigenvalue weighted by atomic mass is 32.2. The van der Waals surface area contributed by atoms with Gasteiger partial charge in [0.25, 0.3) is 0 Å². The second kappa shape index (κ2) is 10.3.